The first-order valence-electron chi connectivity index (χ1n) is 9.36. The van der Waals surface area contributed by atoms with Crippen LogP contribution >= 0.6 is 0 Å². The number of carbonyl (C=O) groups excluding carboxylic acids is 1. The minimum Gasteiger partial charge on any atom is -0.496 e. The van der Waals surface area contributed by atoms with E-state index in [9.17, 15) is 14.4 Å². The lowest BCUT2D eigenvalue weighted by Crippen LogP contribution is -2.40. The SMILES string of the molecule is COc1ccccc1CNC(=O)Cn1c(=O)[nH]c2c(-c3ccccc3)c[nH]c2c1=O. The van der Waals surface area contributed by atoms with E-state index in [1.807, 2.05) is 48.5 Å². The molecule has 30 heavy (non-hydrogen) atoms. The molecule has 1 amide bonds. The van der Waals surface area contributed by atoms with Crippen molar-refractivity contribution in [1.29, 1.82) is 0 Å². The zero-order chi connectivity index (χ0) is 21.1. The second-order valence-electron chi connectivity index (χ2n) is 6.73. The van der Waals surface area contributed by atoms with Crippen molar-refractivity contribution in [3.63, 3.8) is 0 Å². The van der Waals surface area contributed by atoms with E-state index in [4.69, 9.17) is 4.74 Å². The number of hydrogen-bond acceptors (Lipinski definition) is 4. The van der Waals surface area contributed by atoms with Crippen LogP contribution in [0.4, 0.5) is 0 Å². The van der Waals surface area contributed by atoms with E-state index in [1.165, 1.54) is 0 Å². The van der Waals surface area contributed by atoms with Gasteiger partial charge in [0.15, 0.2) is 0 Å². The fourth-order valence-corrected chi connectivity index (χ4v) is 3.35. The Labute approximate surface area is 171 Å². The summed E-state index contributed by atoms with van der Waals surface area (Å²) in [4.78, 5) is 43.4. The van der Waals surface area contributed by atoms with E-state index in [0.717, 1.165) is 15.7 Å². The van der Waals surface area contributed by atoms with Gasteiger partial charge in [0.05, 0.1) is 12.6 Å². The lowest BCUT2D eigenvalue weighted by atomic mass is 10.1. The second kappa shape index (κ2) is 8.12. The third-order valence-electron chi connectivity index (χ3n) is 4.87. The van der Waals surface area contributed by atoms with Gasteiger partial charge in [-0.3, -0.25) is 9.59 Å². The predicted octanol–water partition coefficient (Wildman–Crippen LogP) is 2.01. The molecule has 0 unspecified atom stereocenters. The Kier molecular flexibility index (Phi) is 5.21. The van der Waals surface area contributed by atoms with Crippen molar-refractivity contribution in [2.24, 2.45) is 0 Å². The van der Waals surface area contributed by atoms with Crippen LogP contribution in [0.2, 0.25) is 0 Å². The number of amides is 1. The van der Waals surface area contributed by atoms with E-state index in [0.29, 0.717) is 16.8 Å². The quantitative estimate of drug-likeness (QED) is 0.457. The summed E-state index contributed by atoms with van der Waals surface area (Å²) in [6, 6.07) is 16.7. The molecular weight excluding hydrogens is 384 g/mol. The maximum absolute atomic E-state index is 12.8. The van der Waals surface area contributed by atoms with Crippen LogP contribution in [0.15, 0.2) is 70.4 Å². The van der Waals surface area contributed by atoms with Crippen molar-refractivity contribution in [3.8, 4) is 16.9 Å². The van der Waals surface area contributed by atoms with Crippen molar-refractivity contribution >= 4 is 16.9 Å². The number of nitrogens with one attached hydrogen (secondary N) is 3. The first-order chi connectivity index (χ1) is 14.6. The Morgan fingerprint density at radius 3 is 2.53 bits per heavy atom. The highest BCUT2D eigenvalue weighted by atomic mass is 16.5. The van der Waals surface area contributed by atoms with Crippen LogP contribution in [-0.4, -0.2) is 27.6 Å². The molecule has 0 radical (unpaired) electrons. The Morgan fingerprint density at radius 2 is 1.77 bits per heavy atom. The number of methoxy groups -OCH3 is 1. The van der Waals surface area contributed by atoms with Gasteiger partial charge in [0, 0.05) is 23.9 Å². The van der Waals surface area contributed by atoms with Crippen LogP contribution < -0.4 is 21.3 Å². The van der Waals surface area contributed by atoms with Crippen LogP contribution in [0.1, 0.15) is 5.56 Å². The number of ether oxygens (including phenoxy) is 1. The summed E-state index contributed by atoms with van der Waals surface area (Å²) in [6.07, 6.45) is 1.67. The molecule has 0 bridgehead atoms. The zero-order valence-corrected chi connectivity index (χ0v) is 16.3. The fourth-order valence-electron chi connectivity index (χ4n) is 3.35. The normalized spacial score (nSPS) is 10.8. The third kappa shape index (κ3) is 3.62. The Morgan fingerprint density at radius 1 is 1.03 bits per heavy atom. The number of nitrogens with zero attached hydrogens (tertiary/aromatic N) is 1. The molecule has 2 aromatic carbocycles. The fraction of sp³-hybridized carbons (Fsp3) is 0.136. The maximum Gasteiger partial charge on any atom is 0.329 e. The van der Waals surface area contributed by atoms with Crippen LogP contribution in [0.5, 0.6) is 5.75 Å². The molecule has 152 valence electrons. The highest BCUT2D eigenvalue weighted by molar-refractivity contribution is 5.91. The Balaban J connectivity index is 1.58. The summed E-state index contributed by atoms with van der Waals surface area (Å²) in [5, 5.41) is 2.71. The molecule has 4 rings (SSSR count). The Bertz CT molecular complexity index is 1320. The molecular formula is C22H20N4O4. The standard InChI is InChI=1S/C22H20N4O4/c1-30-17-10-6-5-9-15(17)11-23-18(27)13-26-21(28)20-19(25-22(26)29)16(12-24-20)14-7-3-2-4-8-14/h2-10,12,24H,11,13H2,1H3,(H,23,27)(H,25,29). The first kappa shape index (κ1) is 19.3. The topological polar surface area (TPSA) is 109 Å². The molecule has 8 heteroatoms. The molecule has 0 atom stereocenters. The lowest BCUT2D eigenvalue weighted by molar-refractivity contribution is -0.121. The highest BCUT2D eigenvalue weighted by Crippen LogP contribution is 2.24. The van der Waals surface area contributed by atoms with Crippen molar-refractivity contribution in [2.75, 3.05) is 7.11 Å². The number of aromatic nitrogens is 3. The van der Waals surface area contributed by atoms with Crippen molar-refractivity contribution in [3.05, 3.63) is 87.2 Å². The summed E-state index contributed by atoms with van der Waals surface area (Å²) >= 11 is 0. The molecule has 2 aromatic heterocycles. The molecule has 0 fully saturated rings. The summed E-state index contributed by atoms with van der Waals surface area (Å²) in [5.41, 5.74) is 1.84. The van der Waals surface area contributed by atoms with E-state index in [2.05, 4.69) is 15.3 Å². The average molecular weight is 404 g/mol. The minimum absolute atomic E-state index is 0.221. The molecule has 0 aliphatic heterocycles. The number of aromatic amines is 2. The largest absolute Gasteiger partial charge is 0.496 e. The Hall–Kier alpha value is -4.07. The smallest absolute Gasteiger partial charge is 0.329 e. The summed E-state index contributed by atoms with van der Waals surface area (Å²) < 4.78 is 6.14. The van der Waals surface area contributed by atoms with E-state index in [-0.39, 0.29) is 18.6 Å². The lowest BCUT2D eigenvalue weighted by Gasteiger charge is -2.10. The summed E-state index contributed by atoms with van der Waals surface area (Å²) in [7, 11) is 1.55. The van der Waals surface area contributed by atoms with Gasteiger partial charge in [-0.05, 0) is 11.6 Å². The molecule has 3 N–H and O–H groups in total. The molecule has 0 spiro atoms. The van der Waals surface area contributed by atoms with Crippen LogP contribution in [0, 0.1) is 0 Å². The molecule has 0 saturated carbocycles. The van der Waals surface area contributed by atoms with Crippen LogP contribution in [0.25, 0.3) is 22.2 Å². The molecule has 8 nitrogen and oxygen atoms in total. The maximum atomic E-state index is 12.8. The van der Waals surface area contributed by atoms with Gasteiger partial charge in [-0.25, -0.2) is 9.36 Å². The van der Waals surface area contributed by atoms with Gasteiger partial charge in [-0.2, -0.15) is 0 Å². The first-order valence-corrected chi connectivity index (χ1v) is 9.36. The molecule has 0 saturated heterocycles. The van der Waals surface area contributed by atoms with Gasteiger partial charge >= 0.3 is 5.69 Å². The van der Waals surface area contributed by atoms with Gasteiger partial charge in [0.25, 0.3) is 5.56 Å². The third-order valence-corrected chi connectivity index (χ3v) is 4.87. The molecule has 4 aromatic rings. The number of para-hydroxylation sites is 1. The average Bonchev–Trinajstić information content (AvgIpc) is 3.19. The number of hydrogen-bond donors (Lipinski definition) is 3. The van der Waals surface area contributed by atoms with Gasteiger partial charge < -0.3 is 20.0 Å². The van der Waals surface area contributed by atoms with E-state index >= 15 is 0 Å². The van der Waals surface area contributed by atoms with Crippen molar-refractivity contribution < 1.29 is 9.53 Å². The zero-order valence-electron chi connectivity index (χ0n) is 16.3. The van der Waals surface area contributed by atoms with Crippen LogP contribution in [-0.2, 0) is 17.9 Å². The van der Waals surface area contributed by atoms with Gasteiger partial charge in [-0.15, -0.1) is 0 Å². The summed E-state index contributed by atoms with van der Waals surface area (Å²) in [5.74, 6) is 0.191. The monoisotopic (exact) mass is 404 g/mol. The number of H-pyrrole nitrogens is 2. The van der Waals surface area contributed by atoms with E-state index in [1.54, 1.807) is 19.4 Å². The van der Waals surface area contributed by atoms with Gasteiger partial charge in [0.1, 0.15) is 17.8 Å². The summed E-state index contributed by atoms with van der Waals surface area (Å²) in [6.45, 7) is -0.169. The van der Waals surface area contributed by atoms with Crippen molar-refractivity contribution in [2.45, 2.75) is 13.1 Å². The van der Waals surface area contributed by atoms with Crippen molar-refractivity contribution in [1.82, 2.24) is 19.9 Å². The molecule has 0 aliphatic carbocycles. The minimum atomic E-state index is -0.642. The van der Waals surface area contributed by atoms with Crippen LogP contribution in [0.3, 0.4) is 0 Å². The van der Waals surface area contributed by atoms with Gasteiger partial charge in [0.2, 0.25) is 5.91 Å². The highest BCUT2D eigenvalue weighted by Gasteiger charge is 2.16. The number of rotatable bonds is 6. The number of fused-ring (bicyclic) bond motifs is 1. The predicted molar refractivity (Wildman–Crippen MR) is 113 cm³/mol. The number of benzene rings is 2. The molecule has 0 aliphatic rings. The second-order valence-corrected chi connectivity index (χ2v) is 6.73. The molecule has 2 heterocycles. The van der Waals surface area contributed by atoms with Gasteiger partial charge in [-0.1, -0.05) is 48.5 Å². The number of carbonyl (C=O) groups is 1. The van der Waals surface area contributed by atoms with E-state index < -0.39 is 17.2 Å².